The zero-order valence-electron chi connectivity index (χ0n) is 9.74. The van der Waals surface area contributed by atoms with Crippen molar-refractivity contribution in [2.24, 2.45) is 5.73 Å². The largest absolute Gasteiger partial charge is 0.389 e. The van der Waals surface area contributed by atoms with E-state index in [0.29, 0.717) is 17.1 Å². The van der Waals surface area contributed by atoms with Crippen molar-refractivity contribution < 1.29 is 4.52 Å². The third kappa shape index (κ3) is 3.00. The average Bonchev–Trinajstić information content (AvgIpc) is 2.72. The van der Waals surface area contributed by atoms with E-state index in [1.54, 1.807) is 12.1 Å². The molecule has 0 fully saturated rings. The third-order valence-electron chi connectivity index (χ3n) is 2.38. The number of benzene rings is 1. The minimum atomic E-state index is 0.289. The Labute approximate surface area is 115 Å². The summed E-state index contributed by atoms with van der Waals surface area (Å²) < 4.78 is 5.09. The van der Waals surface area contributed by atoms with Crippen molar-refractivity contribution >= 4 is 34.5 Å². The Kier molecular flexibility index (Phi) is 3.84. The van der Waals surface area contributed by atoms with Crippen LogP contribution >= 0.6 is 23.8 Å². The maximum absolute atomic E-state index is 6.07. The minimum Gasteiger partial charge on any atom is -0.389 e. The van der Waals surface area contributed by atoms with E-state index in [1.165, 1.54) is 0 Å². The van der Waals surface area contributed by atoms with E-state index >= 15 is 0 Å². The molecule has 0 radical (unpaired) electrons. The maximum atomic E-state index is 6.07. The zero-order chi connectivity index (χ0) is 13.1. The van der Waals surface area contributed by atoms with Crippen LogP contribution < -0.4 is 11.1 Å². The molecule has 0 aliphatic rings. The van der Waals surface area contributed by atoms with Crippen molar-refractivity contribution in [3.8, 4) is 0 Å². The van der Waals surface area contributed by atoms with Gasteiger partial charge in [0.25, 0.3) is 0 Å². The second-order valence-corrected chi connectivity index (χ2v) is 4.69. The van der Waals surface area contributed by atoms with Gasteiger partial charge in [-0.1, -0.05) is 29.0 Å². The first-order valence-electron chi connectivity index (χ1n) is 5.31. The molecule has 0 unspecified atom stereocenters. The molecule has 1 heterocycles. The van der Waals surface area contributed by atoms with E-state index in [1.807, 2.05) is 19.1 Å². The van der Waals surface area contributed by atoms with Crippen LogP contribution in [0.25, 0.3) is 0 Å². The van der Waals surface area contributed by atoms with Crippen LogP contribution in [-0.2, 0) is 6.54 Å². The Bertz CT molecular complexity index is 582. The summed E-state index contributed by atoms with van der Waals surface area (Å²) in [5.74, 6) is 0.766. The number of hydrogen-bond donors (Lipinski definition) is 2. The number of thiocarbonyl (C=S) groups is 1. The molecule has 0 amide bonds. The van der Waals surface area contributed by atoms with E-state index in [9.17, 15) is 0 Å². The van der Waals surface area contributed by atoms with Gasteiger partial charge in [0.2, 0.25) is 0 Å². The SMILES string of the molecule is Cc1cc(CNc2ccc(C(N)=S)c(Cl)c2)on1. The summed E-state index contributed by atoms with van der Waals surface area (Å²) in [5.41, 5.74) is 7.93. The van der Waals surface area contributed by atoms with Gasteiger partial charge in [-0.05, 0) is 25.1 Å². The molecule has 2 aromatic rings. The number of nitrogens with two attached hydrogens (primary N) is 1. The summed E-state index contributed by atoms with van der Waals surface area (Å²) in [6.07, 6.45) is 0. The summed E-state index contributed by atoms with van der Waals surface area (Å²) in [6, 6.07) is 7.31. The molecule has 6 heteroatoms. The van der Waals surface area contributed by atoms with Crippen LogP contribution in [0.4, 0.5) is 5.69 Å². The summed E-state index contributed by atoms with van der Waals surface area (Å²) >= 11 is 11.0. The molecule has 0 spiro atoms. The lowest BCUT2D eigenvalue weighted by Crippen LogP contribution is -2.10. The molecule has 0 bridgehead atoms. The van der Waals surface area contributed by atoms with Crippen LogP contribution in [0.5, 0.6) is 0 Å². The molecular weight excluding hydrogens is 270 g/mol. The van der Waals surface area contributed by atoms with Gasteiger partial charge in [-0.15, -0.1) is 0 Å². The predicted octanol–water partition coefficient (Wildman–Crippen LogP) is 2.88. The van der Waals surface area contributed by atoms with E-state index in [4.69, 9.17) is 34.1 Å². The second-order valence-electron chi connectivity index (χ2n) is 3.85. The zero-order valence-corrected chi connectivity index (χ0v) is 11.3. The molecule has 18 heavy (non-hydrogen) atoms. The van der Waals surface area contributed by atoms with Gasteiger partial charge in [-0.3, -0.25) is 0 Å². The van der Waals surface area contributed by atoms with Gasteiger partial charge < -0.3 is 15.6 Å². The molecule has 94 valence electrons. The van der Waals surface area contributed by atoms with E-state index in [0.717, 1.165) is 17.1 Å². The number of halogens is 1. The highest BCUT2D eigenvalue weighted by Crippen LogP contribution is 2.21. The second kappa shape index (κ2) is 5.37. The quantitative estimate of drug-likeness (QED) is 0.844. The number of anilines is 1. The summed E-state index contributed by atoms with van der Waals surface area (Å²) in [6.45, 7) is 2.42. The smallest absolute Gasteiger partial charge is 0.156 e. The minimum absolute atomic E-state index is 0.289. The number of nitrogens with zero attached hydrogens (tertiary/aromatic N) is 1. The van der Waals surface area contributed by atoms with Crippen molar-refractivity contribution in [3.63, 3.8) is 0 Å². The normalized spacial score (nSPS) is 10.3. The number of aryl methyl sites for hydroxylation is 1. The van der Waals surface area contributed by atoms with Gasteiger partial charge in [0.05, 0.1) is 17.3 Å². The number of nitrogens with one attached hydrogen (secondary N) is 1. The van der Waals surface area contributed by atoms with Crippen LogP contribution in [-0.4, -0.2) is 10.1 Å². The van der Waals surface area contributed by atoms with E-state index in [2.05, 4.69) is 10.5 Å². The van der Waals surface area contributed by atoms with E-state index in [-0.39, 0.29) is 4.99 Å². The topological polar surface area (TPSA) is 64.1 Å². The lowest BCUT2D eigenvalue weighted by atomic mass is 10.2. The molecule has 0 aliphatic heterocycles. The fourth-order valence-corrected chi connectivity index (χ4v) is 2.03. The lowest BCUT2D eigenvalue weighted by molar-refractivity contribution is 0.384. The first kappa shape index (κ1) is 12.9. The van der Waals surface area contributed by atoms with Crippen molar-refractivity contribution in [1.29, 1.82) is 0 Å². The number of hydrogen-bond acceptors (Lipinski definition) is 4. The third-order valence-corrected chi connectivity index (χ3v) is 2.91. The first-order chi connectivity index (χ1) is 8.56. The van der Waals surface area contributed by atoms with Gasteiger partial charge in [0.1, 0.15) is 4.99 Å². The van der Waals surface area contributed by atoms with Gasteiger partial charge in [0.15, 0.2) is 5.76 Å². The molecule has 0 saturated carbocycles. The Morgan fingerprint density at radius 2 is 2.28 bits per heavy atom. The van der Waals surface area contributed by atoms with Gasteiger partial charge >= 0.3 is 0 Å². The van der Waals surface area contributed by atoms with Crippen LogP contribution in [0, 0.1) is 6.92 Å². The highest BCUT2D eigenvalue weighted by Gasteiger charge is 2.05. The van der Waals surface area contributed by atoms with Crippen molar-refractivity contribution in [2.75, 3.05) is 5.32 Å². The molecule has 0 atom stereocenters. The van der Waals surface area contributed by atoms with Crippen LogP contribution in [0.3, 0.4) is 0 Å². The van der Waals surface area contributed by atoms with Crippen LogP contribution in [0.1, 0.15) is 17.0 Å². The fraction of sp³-hybridized carbons (Fsp3) is 0.167. The van der Waals surface area contributed by atoms with Crippen LogP contribution in [0.2, 0.25) is 5.02 Å². The van der Waals surface area contributed by atoms with Crippen molar-refractivity contribution in [1.82, 2.24) is 5.16 Å². The lowest BCUT2D eigenvalue weighted by Gasteiger charge is -2.07. The Hall–Kier alpha value is -1.59. The Morgan fingerprint density at radius 1 is 1.50 bits per heavy atom. The molecule has 0 saturated heterocycles. The van der Waals surface area contributed by atoms with Crippen molar-refractivity contribution in [2.45, 2.75) is 13.5 Å². The Morgan fingerprint density at radius 3 is 2.83 bits per heavy atom. The van der Waals surface area contributed by atoms with Crippen LogP contribution in [0.15, 0.2) is 28.8 Å². The average molecular weight is 282 g/mol. The molecule has 0 aliphatic carbocycles. The standard InChI is InChI=1S/C12H12ClN3OS/c1-7-4-9(17-16-7)6-15-8-2-3-10(12(14)18)11(13)5-8/h2-5,15H,6H2,1H3,(H2,14,18). The highest BCUT2D eigenvalue weighted by atomic mass is 35.5. The maximum Gasteiger partial charge on any atom is 0.156 e. The first-order valence-corrected chi connectivity index (χ1v) is 6.10. The van der Waals surface area contributed by atoms with Gasteiger partial charge in [0, 0.05) is 17.3 Å². The van der Waals surface area contributed by atoms with Crippen molar-refractivity contribution in [3.05, 3.63) is 46.3 Å². The summed E-state index contributed by atoms with van der Waals surface area (Å²) in [5, 5.41) is 7.52. The number of rotatable bonds is 4. The number of aromatic nitrogens is 1. The molecular formula is C12H12ClN3OS. The highest BCUT2D eigenvalue weighted by molar-refractivity contribution is 7.80. The molecule has 1 aromatic heterocycles. The van der Waals surface area contributed by atoms with Gasteiger partial charge in [-0.2, -0.15) is 0 Å². The fourth-order valence-electron chi connectivity index (χ4n) is 1.51. The monoisotopic (exact) mass is 281 g/mol. The van der Waals surface area contributed by atoms with Gasteiger partial charge in [-0.25, -0.2) is 0 Å². The summed E-state index contributed by atoms with van der Waals surface area (Å²) in [4.78, 5) is 0.289. The molecule has 2 rings (SSSR count). The summed E-state index contributed by atoms with van der Waals surface area (Å²) in [7, 11) is 0. The molecule has 3 N–H and O–H groups in total. The predicted molar refractivity (Wildman–Crippen MR) is 75.9 cm³/mol. The Balaban J connectivity index is 2.06. The van der Waals surface area contributed by atoms with E-state index < -0.39 is 0 Å². The molecule has 4 nitrogen and oxygen atoms in total. The molecule has 1 aromatic carbocycles.